The van der Waals surface area contributed by atoms with Crippen LogP contribution in [0.1, 0.15) is 13.3 Å². The topological polar surface area (TPSA) is 62.8 Å². The second-order valence-electron chi connectivity index (χ2n) is 2.10. The number of nitrogens with zero attached hydrogens (tertiary/aromatic N) is 2. The van der Waals surface area contributed by atoms with Gasteiger partial charge in [-0.05, 0) is 34.0 Å². The summed E-state index contributed by atoms with van der Waals surface area (Å²) in [5, 5.41) is 2.75. The number of nitrogens with one attached hydrogen (secondary N) is 1. The lowest BCUT2D eigenvalue weighted by molar-refractivity contribution is 0.847. The van der Waals surface area contributed by atoms with Gasteiger partial charge >= 0.3 is 0 Å². The lowest BCUT2D eigenvalue weighted by Crippen LogP contribution is -1.99. The van der Waals surface area contributed by atoms with E-state index in [-0.39, 0.29) is 0 Å². The fourth-order valence-electron chi connectivity index (χ4n) is 0.341. The zero-order chi connectivity index (χ0) is 9.66. The van der Waals surface area contributed by atoms with Crippen LogP contribution in [0.3, 0.4) is 0 Å². The van der Waals surface area contributed by atoms with Crippen molar-refractivity contribution in [3.63, 3.8) is 0 Å². The molecule has 0 heterocycles. The first-order valence-electron chi connectivity index (χ1n) is 4.20. The molecule has 0 rings (SSSR count). The van der Waals surface area contributed by atoms with Crippen LogP contribution in [-0.4, -0.2) is 39.7 Å². The van der Waals surface area contributed by atoms with Crippen molar-refractivity contribution in [3.8, 4) is 0 Å². The zero-order valence-electron chi connectivity index (χ0n) is 8.30. The van der Waals surface area contributed by atoms with Gasteiger partial charge in [-0.1, -0.05) is 0 Å². The minimum absolute atomic E-state index is 0.692. The van der Waals surface area contributed by atoms with E-state index < -0.39 is 0 Å². The van der Waals surface area contributed by atoms with Gasteiger partial charge in [0.25, 0.3) is 0 Å². The fourth-order valence-corrected chi connectivity index (χ4v) is 0.341. The van der Waals surface area contributed by atoms with E-state index in [0.717, 1.165) is 19.5 Å². The zero-order valence-corrected chi connectivity index (χ0v) is 8.30. The Morgan fingerprint density at radius 2 is 1.92 bits per heavy atom. The highest BCUT2D eigenvalue weighted by atomic mass is 14.8. The van der Waals surface area contributed by atoms with Crippen LogP contribution in [0.5, 0.6) is 0 Å². The Hall–Kier alpha value is -0.700. The Morgan fingerprint density at radius 3 is 2.33 bits per heavy atom. The van der Waals surface area contributed by atoms with Crippen LogP contribution in [0.15, 0.2) is 9.98 Å². The molecule has 12 heavy (non-hydrogen) atoms. The third-order valence-electron chi connectivity index (χ3n) is 0.774. The Kier molecular flexibility index (Phi) is 19.3. The van der Waals surface area contributed by atoms with Gasteiger partial charge in [-0.15, -0.1) is 0 Å². The van der Waals surface area contributed by atoms with Crippen molar-refractivity contribution in [1.29, 1.82) is 0 Å². The van der Waals surface area contributed by atoms with Gasteiger partial charge in [-0.25, -0.2) is 9.98 Å². The molecule has 0 aromatic heterocycles. The van der Waals surface area contributed by atoms with Crippen molar-refractivity contribution >= 4 is 6.01 Å². The van der Waals surface area contributed by atoms with Crippen molar-refractivity contribution in [2.75, 3.05) is 33.7 Å². The monoisotopic (exact) mass is 172 g/mol. The molecular formula is C8H20N4. The predicted octanol–water partition coefficient (Wildman–Crippen LogP) is 0.365. The molecule has 0 aromatic carbocycles. The summed E-state index contributed by atoms with van der Waals surface area (Å²) in [7, 11) is 3.75. The highest BCUT2D eigenvalue weighted by Gasteiger charge is 1.74. The molecule has 0 spiro atoms. The molecule has 4 nitrogen and oxygen atoms in total. The smallest absolute Gasteiger partial charge is 0.0892 e. The summed E-state index contributed by atoms with van der Waals surface area (Å²) in [6, 6.07) is 2.56. The summed E-state index contributed by atoms with van der Waals surface area (Å²) in [5.41, 5.74) is 5.22. The predicted molar refractivity (Wildman–Crippen MR) is 53.9 cm³/mol. The van der Waals surface area contributed by atoms with E-state index in [0.29, 0.717) is 6.54 Å². The molecule has 3 N–H and O–H groups in total. The standard InChI is InChI=1S/C6H13N3.C2H7N/c1-2-8-6-9-5-3-4-7;1-3-2/h2-5,7H2,1H3;3H,1-2H3. The van der Waals surface area contributed by atoms with Crippen LogP contribution in [0.25, 0.3) is 0 Å². The normalized spacial score (nSPS) is 7.67. The molecule has 0 amide bonds. The van der Waals surface area contributed by atoms with E-state index in [1.165, 1.54) is 0 Å². The van der Waals surface area contributed by atoms with Crippen molar-refractivity contribution in [2.45, 2.75) is 13.3 Å². The molecule has 0 aliphatic heterocycles. The van der Waals surface area contributed by atoms with E-state index in [1.807, 2.05) is 21.0 Å². The molecule has 0 aromatic rings. The number of hydrogen-bond donors (Lipinski definition) is 2. The Balaban J connectivity index is 0. The fraction of sp³-hybridized carbons (Fsp3) is 0.875. The highest BCUT2D eigenvalue weighted by Crippen LogP contribution is 1.73. The van der Waals surface area contributed by atoms with Crippen LogP contribution >= 0.6 is 0 Å². The largest absolute Gasteiger partial charge is 0.330 e. The third kappa shape index (κ3) is 22.8. The molecule has 0 unspecified atom stereocenters. The van der Waals surface area contributed by atoms with Crippen LogP contribution in [0.2, 0.25) is 0 Å². The average Bonchev–Trinajstić information content (AvgIpc) is 2.06. The number of hydrogen-bond acceptors (Lipinski definition) is 4. The van der Waals surface area contributed by atoms with E-state index >= 15 is 0 Å². The van der Waals surface area contributed by atoms with Crippen molar-refractivity contribution in [1.82, 2.24) is 5.32 Å². The summed E-state index contributed by atoms with van der Waals surface area (Å²) in [5.74, 6) is 0. The molecule has 72 valence electrons. The van der Waals surface area contributed by atoms with Gasteiger partial charge in [0.2, 0.25) is 0 Å². The molecule has 0 aliphatic carbocycles. The van der Waals surface area contributed by atoms with E-state index in [9.17, 15) is 0 Å². The molecule has 0 fully saturated rings. The summed E-state index contributed by atoms with van der Waals surface area (Å²) in [4.78, 5) is 7.64. The van der Waals surface area contributed by atoms with Gasteiger partial charge in [0, 0.05) is 6.54 Å². The van der Waals surface area contributed by atoms with Crippen molar-refractivity contribution in [2.24, 2.45) is 15.7 Å². The molecule has 0 atom stereocenters. The minimum atomic E-state index is 0.692. The van der Waals surface area contributed by atoms with Crippen LogP contribution in [0, 0.1) is 0 Å². The van der Waals surface area contributed by atoms with Gasteiger partial charge in [-0.2, -0.15) is 0 Å². The maximum Gasteiger partial charge on any atom is 0.0892 e. The average molecular weight is 172 g/mol. The van der Waals surface area contributed by atoms with E-state index in [2.05, 4.69) is 21.3 Å². The maximum absolute atomic E-state index is 5.22. The highest BCUT2D eigenvalue weighted by molar-refractivity contribution is 5.40. The van der Waals surface area contributed by atoms with Gasteiger partial charge in [0.1, 0.15) is 0 Å². The van der Waals surface area contributed by atoms with Gasteiger partial charge in [0.15, 0.2) is 0 Å². The van der Waals surface area contributed by atoms with Gasteiger partial charge in [0.05, 0.1) is 12.6 Å². The molecule has 0 saturated heterocycles. The van der Waals surface area contributed by atoms with Gasteiger partial charge < -0.3 is 11.1 Å². The first-order chi connectivity index (χ1) is 5.83. The quantitative estimate of drug-likeness (QED) is 0.475. The second-order valence-corrected chi connectivity index (χ2v) is 2.10. The Morgan fingerprint density at radius 1 is 1.33 bits per heavy atom. The van der Waals surface area contributed by atoms with Gasteiger partial charge in [-0.3, -0.25) is 0 Å². The van der Waals surface area contributed by atoms with Crippen molar-refractivity contribution < 1.29 is 0 Å². The Labute approximate surface area is 75.0 Å². The summed E-state index contributed by atoms with van der Waals surface area (Å²) in [6.45, 7) is 4.15. The molecule has 0 saturated carbocycles. The molecule has 0 bridgehead atoms. The van der Waals surface area contributed by atoms with Crippen LogP contribution in [-0.2, 0) is 0 Å². The third-order valence-corrected chi connectivity index (χ3v) is 0.774. The Bertz CT molecular complexity index is 116. The van der Waals surface area contributed by atoms with Crippen molar-refractivity contribution in [3.05, 3.63) is 0 Å². The SMILES string of the molecule is CCN=C=NCCCN.CNC. The number of rotatable bonds is 4. The number of aliphatic imine (C=N–C) groups is 2. The van der Waals surface area contributed by atoms with Crippen LogP contribution in [0.4, 0.5) is 0 Å². The minimum Gasteiger partial charge on any atom is -0.330 e. The summed E-state index contributed by atoms with van der Waals surface area (Å²) < 4.78 is 0. The lowest BCUT2D eigenvalue weighted by Gasteiger charge is -1.83. The molecule has 0 aliphatic rings. The second kappa shape index (κ2) is 16.7. The molecule has 0 radical (unpaired) electrons. The summed E-state index contributed by atoms with van der Waals surface area (Å²) in [6.07, 6.45) is 0.923. The first kappa shape index (κ1) is 13.9. The lowest BCUT2D eigenvalue weighted by atomic mass is 10.4. The molecule has 4 heteroatoms. The maximum atomic E-state index is 5.22. The summed E-state index contributed by atoms with van der Waals surface area (Å²) >= 11 is 0. The van der Waals surface area contributed by atoms with E-state index in [1.54, 1.807) is 0 Å². The van der Waals surface area contributed by atoms with E-state index in [4.69, 9.17) is 5.73 Å². The van der Waals surface area contributed by atoms with Crippen LogP contribution < -0.4 is 11.1 Å². The number of nitrogens with two attached hydrogens (primary N) is 1. The molecular weight excluding hydrogens is 152 g/mol. The first-order valence-corrected chi connectivity index (χ1v) is 4.20.